The van der Waals surface area contributed by atoms with E-state index in [2.05, 4.69) is 10.3 Å². The van der Waals surface area contributed by atoms with E-state index >= 15 is 0 Å². The maximum atomic E-state index is 12.2. The van der Waals surface area contributed by atoms with Gasteiger partial charge >= 0.3 is 0 Å². The summed E-state index contributed by atoms with van der Waals surface area (Å²) in [5.41, 5.74) is 0.642. The highest BCUT2D eigenvalue weighted by Gasteiger charge is 2.15. The van der Waals surface area contributed by atoms with Crippen LogP contribution >= 0.6 is 23.2 Å². The van der Waals surface area contributed by atoms with Crippen LogP contribution in [0.2, 0.25) is 10.2 Å². The maximum Gasteiger partial charge on any atom is 0.275 e. The molecular formula is C15H14Cl2N2O2. The third kappa shape index (κ3) is 4.09. The third-order valence-electron chi connectivity index (χ3n) is 2.62. The molecule has 0 saturated carbocycles. The molecule has 0 aliphatic heterocycles. The van der Waals surface area contributed by atoms with Gasteiger partial charge in [-0.3, -0.25) is 4.79 Å². The average molecular weight is 325 g/mol. The van der Waals surface area contributed by atoms with Crippen molar-refractivity contribution in [2.75, 3.05) is 11.9 Å². The summed E-state index contributed by atoms with van der Waals surface area (Å²) in [6.45, 7) is 2.58. The van der Waals surface area contributed by atoms with Crippen LogP contribution in [0.25, 0.3) is 0 Å². The van der Waals surface area contributed by atoms with Crippen LogP contribution in [0, 0.1) is 0 Å². The van der Waals surface area contributed by atoms with E-state index in [4.69, 9.17) is 27.9 Å². The van der Waals surface area contributed by atoms with Crippen molar-refractivity contribution in [3.05, 3.63) is 52.3 Å². The molecule has 0 atom stereocenters. The Morgan fingerprint density at radius 3 is 2.76 bits per heavy atom. The molecule has 6 heteroatoms. The highest BCUT2D eigenvalue weighted by molar-refractivity contribution is 6.35. The minimum atomic E-state index is -0.435. The van der Waals surface area contributed by atoms with Crippen molar-refractivity contribution in [3.8, 4) is 5.75 Å². The lowest BCUT2D eigenvalue weighted by Crippen LogP contribution is -2.15. The molecule has 1 aromatic carbocycles. The largest absolute Gasteiger partial charge is 0.491 e. The minimum absolute atomic E-state index is 0.0782. The average Bonchev–Trinajstić information content (AvgIpc) is 2.48. The molecule has 1 amide bonds. The number of aromatic nitrogens is 1. The van der Waals surface area contributed by atoms with Crippen LogP contribution in [0.1, 0.15) is 23.8 Å². The second kappa shape index (κ2) is 7.29. The number of carbonyl (C=O) groups is 1. The Balaban J connectivity index is 2.21. The van der Waals surface area contributed by atoms with Crippen LogP contribution in [0.3, 0.4) is 0 Å². The summed E-state index contributed by atoms with van der Waals surface area (Å²) in [5.74, 6) is 0.167. The Bertz CT molecular complexity index is 647. The summed E-state index contributed by atoms with van der Waals surface area (Å²) in [6.07, 6.45) is 0.879. The zero-order valence-electron chi connectivity index (χ0n) is 11.4. The van der Waals surface area contributed by atoms with Crippen LogP contribution in [0.5, 0.6) is 5.75 Å². The lowest BCUT2D eigenvalue weighted by molar-refractivity contribution is 0.102. The van der Waals surface area contributed by atoms with Crippen molar-refractivity contribution in [1.82, 2.24) is 4.98 Å². The molecule has 110 valence electrons. The van der Waals surface area contributed by atoms with Crippen molar-refractivity contribution >= 4 is 34.8 Å². The van der Waals surface area contributed by atoms with Crippen molar-refractivity contribution in [1.29, 1.82) is 0 Å². The number of para-hydroxylation sites is 2. The van der Waals surface area contributed by atoms with Gasteiger partial charge in [-0.15, -0.1) is 0 Å². The van der Waals surface area contributed by atoms with E-state index < -0.39 is 5.91 Å². The lowest BCUT2D eigenvalue weighted by atomic mass is 10.2. The molecule has 1 heterocycles. The number of amides is 1. The van der Waals surface area contributed by atoms with Crippen LogP contribution < -0.4 is 10.1 Å². The van der Waals surface area contributed by atoms with E-state index in [0.29, 0.717) is 18.0 Å². The number of rotatable bonds is 5. The Kier molecular flexibility index (Phi) is 5.42. The number of ether oxygens (including phenoxy) is 1. The normalized spacial score (nSPS) is 10.2. The molecule has 0 aliphatic carbocycles. The number of nitrogens with zero attached hydrogens (tertiary/aromatic N) is 1. The quantitative estimate of drug-likeness (QED) is 0.828. The Morgan fingerprint density at radius 1 is 1.24 bits per heavy atom. The summed E-state index contributed by atoms with van der Waals surface area (Å²) in [5, 5.41) is 3.18. The van der Waals surface area contributed by atoms with Crippen LogP contribution in [-0.4, -0.2) is 17.5 Å². The number of nitrogens with one attached hydrogen (secondary N) is 1. The molecule has 0 radical (unpaired) electrons. The molecule has 0 aliphatic rings. The van der Waals surface area contributed by atoms with Crippen molar-refractivity contribution in [3.63, 3.8) is 0 Å². The van der Waals surface area contributed by atoms with E-state index in [1.54, 1.807) is 18.2 Å². The number of hydrogen-bond donors (Lipinski definition) is 1. The number of hydrogen-bond acceptors (Lipinski definition) is 3. The highest BCUT2D eigenvalue weighted by Crippen LogP contribution is 2.25. The number of carbonyl (C=O) groups excluding carboxylic acids is 1. The topological polar surface area (TPSA) is 51.2 Å². The van der Waals surface area contributed by atoms with Gasteiger partial charge in [-0.25, -0.2) is 4.98 Å². The number of anilines is 1. The summed E-state index contributed by atoms with van der Waals surface area (Å²) in [6, 6.07) is 10.2. The fourth-order valence-electron chi connectivity index (χ4n) is 1.67. The smallest absolute Gasteiger partial charge is 0.275 e. The molecule has 1 aromatic heterocycles. The Hall–Kier alpha value is -1.78. The second-order valence-electron chi connectivity index (χ2n) is 4.26. The predicted octanol–water partition coefficient (Wildman–Crippen LogP) is 4.43. The molecule has 2 aromatic rings. The van der Waals surface area contributed by atoms with E-state index in [9.17, 15) is 4.79 Å². The summed E-state index contributed by atoms with van der Waals surface area (Å²) in [4.78, 5) is 16.2. The van der Waals surface area contributed by atoms with Gasteiger partial charge in [-0.2, -0.15) is 0 Å². The van der Waals surface area contributed by atoms with Gasteiger partial charge in [0, 0.05) is 0 Å². The molecule has 21 heavy (non-hydrogen) atoms. The van der Waals surface area contributed by atoms with Gasteiger partial charge in [0.15, 0.2) is 0 Å². The van der Waals surface area contributed by atoms with Gasteiger partial charge in [-0.1, -0.05) is 42.3 Å². The first-order valence-corrected chi connectivity index (χ1v) is 7.22. The molecule has 0 spiro atoms. The third-order valence-corrected chi connectivity index (χ3v) is 3.14. The molecule has 1 N–H and O–H groups in total. The van der Waals surface area contributed by atoms with Crippen LogP contribution in [0.15, 0.2) is 36.4 Å². The summed E-state index contributed by atoms with van der Waals surface area (Å²) >= 11 is 11.8. The summed E-state index contributed by atoms with van der Waals surface area (Å²) in [7, 11) is 0. The van der Waals surface area contributed by atoms with Crippen molar-refractivity contribution in [2.45, 2.75) is 13.3 Å². The lowest BCUT2D eigenvalue weighted by Gasteiger charge is -2.12. The van der Waals surface area contributed by atoms with Gasteiger partial charge in [0.1, 0.15) is 16.6 Å². The SMILES string of the molecule is CCCOc1ccccc1NC(=O)c1nc(Cl)ccc1Cl. The van der Waals surface area contributed by atoms with Gasteiger partial charge in [0.25, 0.3) is 5.91 Å². The standard InChI is InChI=1S/C15H14Cl2N2O2/c1-2-9-21-12-6-4-3-5-11(12)18-15(20)14-10(16)7-8-13(17)19-14/h3-8H,2,9H2,1H3,(H,18,20). The first-order chi connectivity index (χ1) is 10.1. The van der Waals surface area contributed by atoms with Crippen LogP contribution in [-0.2, 0) is 0 Å². The first kappa shape index (κ1) is 15.6. The van der Waals surface area contributed by atoms with Gasteiger partial charge in [0.05, 0.1) is 17.3 Å². The highest BCUT2D eigenvalue weighted by atomic mass is 35.5. The van der Waals surface area contributed by atoms with E-state index in [0.717, 1.165) is 6.42 Å². The molecular weight excluding hydrogens is 311 g/mol. The fraction of sp³-hybridized carbons (Fsp3) is 0.200. The second-order valence-corrected chi connectivity index (χ2v) is 5.06. The fourth-order valence-corrected chi connectivity index (χ4v) is 2.01. The van der Waals surface area contributed by atoms with Crippen molar-refractivity contribution in [2.24, 2.45) is 0 Å². The first-order valence-electron chi connectivity index (χ1n) is 6.47. The molecule has 0 saturated heterocycles. The molecule has 4 nitrogen and oxygen atoms in total. The Labute approximate surface area is 133 Å². The zero-order valence-corrected chi connectivity index (χ0v) is 12.9. The van der Waals surface area contributed by atoms with Gasteiger partial charge < -0.3 is 10.1 Å². The molecule has 2 rings (SSSR count). The van der Waals surface area contributed by atoms with E-state index in [1.807, 2.05) is 13.0 Å². The van der Waals surface area contributed by atoms with E-state index in [1.165, 1.54) is 12.1 Å². The minimum Gasteiger partial charge on any atom is -0.491 e. The monoisotopic (exact) mass is 324 g/mol. The number of pyridine rings is 1. The molecule has 0 unspecified atom stereocenters. The van der Waals surface area contributed by atoms with Gasteiger partial charge in [0.2, 0.25) is 0 Å². The molecule has 0 fully saturated rings. The maximum absolute atomic E-state index is 12.2. The number of benzene rings is 1. The van der Waals surface area contributed by atoms with Crippen LogP contribution in [0.4, 0.5) is 5.69 Å². The number of halogens is 2. The summed E-state index contributed by atoms with van der Waals surface area (Å²) < 4.78 is 5.58. The predicted molar refractivity (Wildman–Crippen MR) is 84.4 cm³/mol. The zero-order chi connectivity index (χ0) is 15.2. The van der Waals surface area contributed by atoms with Gasteiger partial charge in [-0.05, 0) is 30.7 Å². The van der Waals surface area contributed by atoms with E-state index in [-0.39, 0.29) is 15.9 Å². The molecule has 0 bridgehead atoms. The Morgan fingerprint density at radius 2 is 2.00 bits per heavy atom. The van der Waals surface area contributed by atoms with Crippen molar-refractivity contribution < 1.29 is 9.53 Å².